The number of fused-ring (bicyclic) bond motifs is 1. The number of hydrogen-bond donors (Lipinski definition) is 1. The average molecular weight is 226 g/mol. The van der Waals surface area contributed by atoms with Gasteiger partial charge in [0.05, 0.1) is 5.69 Å². The molecule has 1 aromatic heterocycles. The van der Waals surface area contributed by atoms with Crippen LogP contribution in [0.4, 0.5) is 0 Å². The van der Waals surface area contributed by atoms with Crippen LogP contribution in [0.25, 0.3) is 0 Å². The second kappa shape index (κ2) is 3.72. The molecule has 0 spiro atoms. The summed E-state index contributed by atoms with van der Waals surface area (Å²) in [6.07, 6.45) is 0.929. The molecule has 0 amide bonds. The molecule has 0 atom stereocenters. The number of hydrogen-bond acceptors (Lipinski definition) is 3. The third-order valence-corrected chi connectivity index (χ3v) is 2.87. The molecule has 1 N–H and O–H groups in total. The van der Waals surface area contributed by atoms with Crippen molar-refractivity contribution in [3.8, 4) is 0 Å². The highest BCUT2D eigenvalue weighted by molar-refractivity contribution is 6.30. The van der Waals surface area contributed by atoms with Gasteiger partial charge in [-0.2, -0.15) is 0 Å². The Morgan fingerprint density at radius 1 is 1.27 bits per heavy atom. The Morgan fingerprint density at radius 3 is 2.67 bits per heavy atom. The van der Waals surface area contributed by atoms with E-state index in [-0.39, 0.29) is 5.41 Å². The second-order valence-electron chi connectivity index (χ2n) is 4.94. The van der Waals surface area contributed by atoms with Gasteiger partial charge in [0, 0.05) is 17.5 Å². The van der Waals surface area contributed by atoms with E-state index in [1.807, 2.05) is 0 Å². The molecule has 4 heteroatoms. The normalized spacial score (nSPS) is 16.3. The van der Waals surface area contributed by atoms with Crippen LogP contribution in [0.3, 0.4) is 0 Å². The Balaban J connectivity index is 2.50. The number of nitrogens with one attached hydrogen (secondary N) is 1. The largest absolute Gasteiger partial charge is 0.311 e. The molecule has 0 saturated carbocycles. The van der Waals surface area contributed by atoms with Crippen molar-refractivity contribution in [2.75, 3.05) is 6.54 Å². The van der Waals surface area contributed by atoms with Crippen molar-refractivity contribution < 1.29 is 0 Å². The molecule has 3 nitrogen and oxygen atoms in total. The van der Waals surface area contributed by atoms with Gasteiger partial charge in [-0.15, -0.1) is 0 Å². The highest BCUT2D eigenvalue weighted by Gasteiger charge is 2.22. The molecule has 0 fully saturated rings. The van der Waals surface area contributed by atoms with Gasteiger partial charge in [0.2, 0.25) is 0 Å². The van der Waals surface area contributed by atoms with Crippen molar-refractivity contribution in [2.24, 2.45) is 0 Å². The van der Waals surface area contributed by atoms with Crippen LogP contribution < -0.4 is 5.32 Å². The average Bonchev–Trinajstić information content (AvgIpc) is 2.16. The summed E-state index contributed by atoms with van der Waals surface area (Å²) in [4.78, 5) is 8.97. The zero-order valence-electron chi connectivity index (χ0n) is 9.39. The van der Waals surface area contributed by atoms with Gasteiger partial charge in [-0.25, -0.2) is 9.97 Å². The Labute approximate surface area is 95.3 Å². The van der Waals surface area contributed by atoms with Crippen molar-refractivity contribution in [3.63, 3.8) is 0 Å². The molecule has 1 aliphatic rings. The van der Waals surface area contributed by atoms with Crippen LogP contribution in [0.5, 0.6) is 0 Å². The standard InChI is InChI=1S/C11H16ClN3/c1-11(2,3)10-14-8-6-13-5-4-7(8)9(12)15-10/h13H,4-6H2,1-3H3. The van der Waals surface area contributed by atoms with Crippen LogP contribution in [0.2, 0.25) is 5.15 Å². The van der Waals surface area contributed by atoms with Gasteiger partial charge >= 0.3 is 0 Å². The van der Waals surface area contributed by atoms with E-state index >= 15 is 0 Å². The van der Waals surface area contributed by atoms with E-state index < -0.39 is 0 Å². The predicted molar refractivity (Wildman–Crippen MR) is 61.2 cm³/mol. The highest BCUT2D eigenvalue weighted by atomic mass is 35.5. The van der Waals surface area contributed by atoms with Gasteiger partial charge in [-0.05, 0) is 13.0 Å². The lowest BCUT2D eigenvalue weighted by atomic mass is 9.95. The van der Waals surface area contributed by atoms with E-state index in [2.05, 4.69) is 36.1 Å². The van der Waals surface area contributed by atoms with Crippen LogP contribution in [0, 0.1) is 0 Å². The number of rotatable bonds is 0. The summed E-state index contributed by atoms with van der Waals surface area (Å²) < 4.78 is 0. The summed E-state index contributed by atoms with van der Waals surface area (Å²) in [5, 5.41) is 3.93. The minimum atomic E-state index is -0.0455. The van der Waals surface area contributed by atoms with E-state index in [1.165, 1.54) is 0 Å². The minimum Gasteiger partial charge on any atom is -0.311 e. The van der Waals surface area contributed by atoms with Gasteiger partial charge < -0.3 is 5.32 Å². The monoisotopic (exact) mass is 225 g/mol. The Hall–Kier alpha value is -0.670. The van der Waals surface area contributed by atoms with Crippen molar-refractivity contribution in [2.45, 2.75) is 39.2 Å². The quantitative estimate of drug-likeness (QED) is 0.687. The first-order valence-electron chi connectivity index (χ1n) is 5.25. The molecule has 1 aromatic rings. The fourth-order valence-corrected chi connectivity index (χ4v) is 1.93. The van der Waals surface area contributed by atoms with Crippen LogP contribution in [0.15, 0.2) is 0 Å². The maximum atomic E-state index is 6.17. The van der Waals surface area contributed by atoms with Gasteiger partial charge in [0.15, 0.2) is 0 Å². The van der Waals surface area contributed by atoms with E-state index in [4.69, 9.17) is 11.6 Å². The SMILES string of the molecule is CC(C)(C)c1nc(Cl)c2c(n1)CNCC2. The molecule has 0 aromatic carbocycles. The summed E-state index contributed by atoms with van der Waals surface area (Å²) in [5.41, 5.74) is 2.13. The van der Waals surface area contributed by atoms with E-state index in [0.29, 0.717) is 5.15 Å². The van der Waals surface area contributed by atoms with Gasteiger partial charge in [0.25, 0.3) is 0 Å². The van der Waals surface area contributed by atoms with Crippen molar-refractivity contribution in [1.82, 2.24) is 15.3 Å². The van der Waals surface area contributed by atoms with Gasteiger partial charge in [0.1, 0.15) is 11.0 Å². The zero-order valence-corrected chi connectivity index (χ0v) is 10.1. The maximum absolute atomic E-state index is 6.17. The lowest BCUT2D eigenvalue weighted by molar-refractivity contribution is 0.528. The summed E-state index contributed by atoms with van der Waals surface area (Å²) >= 11 is 6.17. The second-order valence-corrected chi connectivity index (χ2v) is 5.30. The Bertz CT molecular complexity index is 382. The molecule has 1 aliphatic heterocycles. The van der Waals surface area contributed by atoms with Crippen LogP contribution in [-0.4, -0.2) is 16.5 Å². The lowest BCUT2D eigenvalue weighted by Gasteiger charge is -2.22. The first-order valence-corrected chi connectivity index (χ1v) is 5.63. The maximum Gasteiger partial charge on any atom is 0.136 e. The summed E-state index contributed by atoms with van der Waals surface area (Å²) in [5.74, 6) is 0.829. The van der Waals surface area contributed by atoms with Crippen LogP contribution in [-0.2, 0) is 18.4 Å². The third-order valence-electron chi connectivity index (χ3n) is 2.56. The molecule has 0 bridgehead atoms. The Morgan fingerprint density at radius 2 is 2.00 bits per heavy atom. The predicted octanol–water partition coefficient (Wildman–Crippen LogP) is 2.07. The number of halogens is 1. The van der Waals surface area contributed by atoms with Gasteiger partial charge in [-0.3, -0.25) is 0 Å². The van der Waals surface area contributed by atoms with E-state index in [0.717, 1.165) is 36.6 Å². The highest BCUT2D eigenvalue weighted by Crippen LogP contribution is 2.25. The molecule has 0 unspecified atom stereocenters. The molecular weight excluding hydrogens is 210 g/mol. The van der Waals surface area contributed by atoms with E-state index in [9.17, 15) is 0 Å². The first kappa shape index (κ1) is 10.8. The van der Waals surface area contributed by atoms with E-state index in [1.54, 1.807) is 0 Å². The fraction of sp³-hybridized carbons (Fsp3) is 0.636. The number of aromatic nitrogens is 2. The third kappa shape index (κ3) is 2.13. The minimum absolute atomic E-state index is 0.0455. The topological polar surface area (TPSA) is 37.8 Å². The summed E-state index contributed by atoms with van der Waals surface area (Å²) in [6.45, 7) is 8.07. The molecule has 0 aliphatic carbocycles. The molecule has 2 heterocycles. The summed E-state index contributed by atoms with van der Waals surface area (Å²) in [6, 6.07) is 0. The fourth-order valence-electron chi connectivity index (χ4n) is 1.65. The Kier molecular flexibility index (Phi) is 2.69. The summed E-state index contributed by atoms with van der Waals surface area (Å²) in [7, 11) is 0. The molecule has 0 saturated heterocycles. The molecular formula is C11H16ClN3. The smallest absolute Gasteiger partial charge is 0.136 e. The van der Waals surface area contributed by atoms with Crippen LogP contribution in [0.1, 0.15) is 37.9 Å². The lowest BCUT2D eigenvalue weighted by Crippen LogP contribution is -2.28. The van der Waals surface area contributed by atoms with Crippen molar-refractivity contribution in [1.29, 1.82) is 0 Å². The van der Waals surface area contributed by atoms with Crippen molar-refractivity contribution >= 4 is 11.6 Å². The first-order chi connectivity index (χ1) is 6.98. The van der Waals surface area contributed by atoms with Gasteiger partial charge in [-0.1, -0.05) is 32.4 Å². The number of nitrogens with zero attached hydrogens (tertiary/aromatic N) is 2. The van der Waals surface area contributed by atoms with Crippen molar-refractivity contribution in [3.05, 3.63) is 22.2 Å². The zero-order chi connectivity index (χ0) is 11.1. The molecule has 0 radical (unpaired) electrons. The molecule has 15 heavy (non-hydrogen) atoms. The molecule has 82 valence electrons. The molecule has 2 rings (SSSR count). The van der Waals surface area contributed by atoms with Crippen LogP contribution >= 0.6 is 11.6 Å².